The van der Waals surface area contributed by atoms with Gasteiger partial charge in [-0.05, 0) is 35.7 Å². The predicted octanol–water partition coefficient (Wildman–Crippen LogP) is 3.11. The van der Waals surface area contributed by atoms with Gasteiger partial charge >= 0.3 is 0 Å². The molecule has 0 unspecified atom stereocenters. The molecule has 1 N–H and O–H groups in total. The largest absolute Gasteiger partial charge is 0.368 e. The summed E-state index contributed by atoms with van der Waals surface area (Å²) >= 11 is 2.18. The Labute approximate surface area is 175 Å². The average Bonchev–Trinajstić information content (AvgIpc) is 3.41. The average molecular weight is 453 g/mol. The lowest BCUT2D eigenvalue weighted by molar-refractivity contribution is 0.0742. The van der Waals surface area contributed by atoms with Crippen LogP contribution in [0.4, 0.5) is 15.2 Å². The molecule has 3 aromatic rings. The first-order valence-electron chi connectivity index (χ1n) is 8.74. The summed E-state index contributed by atoms with van der Waals surface area (Å²) in [5.41, 5.74) is 1.13. The van der Waals surface area contributed by atoms with E-state index in [1.807, 2.05) is 0 Å². The van der Waals surface area contributed by atoms with Gasteiger partial charge in [-0.25, -0.2) is 17.8 Å². The van der Waals surface area contributed by atoms with E-state index in [9.17, 15) is 17.6 Å². The second kappa shape index (κ2) is 8.09. The number of nitrogens with one attached hydrogen (secondary N) is 1. The van der Waals surface area contributed by atoms with E-state index in [2.05, 4.69) is 14.6 Å². The van der Waals surface area contributed by atoms with E-state index in [-0.39, 0.29) is 26.8 Å². The molecule has 152 valence electrons. The van der Waals surface area contributed by atoms with Crippen LogP contribution < -0.4 is 9.62 Å². The minimum absolute atomic E-state index is 0.159. The third kappa shape index (κ3) is 4.41. The topological polar surface area (TPSA) is 82.6 Å². The summed E-state index contributed by atoms with van der Waals surface area (Å²) in [7, 11) is -3.69. The van der Waals surface area contributed by atoms with Gasteiger partial charge < -0.3 is 9.80 Å². The van der Waals surface area contributed by atoms with Crippen LogP contribution in [0.3, 0.4) is 0 Å². The number of thiazole rings is 1. The van der Waals surface area contributed by atoms with Crippen molar-refractivity contribution in [3.8, 4) is 0 Å². The number of piperazine rings is 1. The van der Waals surface area contributed by atoms with Crippen LogP contribution in [0.25, 0.3) is 0 Å². The van der Waals surface area contributed by atoms with Gasteiger partial charge in [0, 0.05) is 37.2 Å². The fourth-order valence-corrected chi connectivity index (χ4v) is 5.91. The highest BCUT2D eigenvalue weighted by molar-refractivity contribution is 7.94. The smallest absolute Gasteiger partial charge is 0.273 e. The van der Waals surface area contributed by atoms with Crippen molar-refractivity contribution in [2.45, 2.75) is 4.21 Å². The second-order valence-corrected chi connectivity index (χ2v) is 10.0. The molecule has 2 aromatic heterocycles. The van der Waals surface area contributed by atoms with Gasteiger partial charge in [0.1, 0.15) is 15.7 Å². The molecule has 1 aromatic carbocycles. The molecule has 4 rings (SSSR count). The molecule has 0 atom stereocenters. The maximum absolute atomic E-state index is 13.1. The number of benzene rings is 1. The summed E-state index contributed by atoms with van der Waals surface area (Å²) in [6.07, 6.45) is 0. The number of carbonyl (C=O) groups excluding carboxylic acids is 1. The molecule has 1 fully saturated rings. The van der Waals surface area contributed by atoms with Crippen molar-refractivity contribution in [1.82, 2.24) is 9.88 Å². The van der Waals surface area contributed by atoms with Crippen molar-refractivity contribution < 1.29 is 17.6 Å². The zero-order valence-electron chi connectivity index (χ0n) is 15.1. The quantitative estimate of drug-likeness (QED) is 0.643. The summed E-state index contributed by atoms with van der Waals surface area (Å²) in [4.78, 5) is 20.7. The van der Waals surface area contributed by atoms with E-state index >= 15 is 0 Å². The van der Waals surface area contributed by atoms with Crippen LogP contribution >= 0.6 is 22.7 Å². The highest BCUT2D eigenvalue weighted by atomic mass is 32.2. The molecular weight excluding hydrogens is 435 g/mol. The summed E-state index contributed by atoms with van der Waals surface area (Å²) in [6.45, 7) is 2.26. The third-order valence-electron chi connectivity index (χ3n) is 4.46. The molecule has 3 heterocycles. The van der Waals surface area contributed by atoms with Crippen LogP contribution in [-0.2, 0) is 10.0 Å². The number of anilines is 2. The minimum atomic E-state index is -3.69. The summed E-state index contributed by atoms with van der Waals surface area (Å²) in [6, 6.07) is 9.44. The molecule has 0 saturated carbocycles. The number of thiophene rings is 1. The van der Waals surface area contributed by atoms with Gasteiger partial charge in [-0.15, -0.1) is 22.7 Å². The lowest BCUT2D eigenvalue weighted by Crippen LogP contribution is -2.48. The Balaban J connectivity index is 1.38. The van der Waals surface area contributed by atoms with Crippen LogP contribution in [0.15, 0.2) is 51.4 Å². The van der Waals surface area contributed by atoms with Crippen molar-refractivity contribution in [2.75, 3.05) is 35.8 Å². The molecule has 0 spiro atoms. The fourth-order valence-electron chi connectivity index (χ4n) is 2.98. The summed E-state index contributed by atoms with van der Waals surface area (Å²) in [5, 5.41) is 3.39. The first-order chi connectivity index (χ1) is 13.9. The molecule has 7 nitrogen and oxygen atoms in total. The molecule has 1 amide bonds. The second-order valence-electron chi connectivity index (χ2n) is 6.33. The van der Waals surface area contributed by atoms with Crippen molar-refractivity contribution in [3.63, 3.8) is 0 Å². The van der Waals surface area contributed by atoms with Crippen molar-refractivity contribution in [1.29, 1.82) is 0 Å². The molecule has 0 radical (unpaired) electrons. The molecule has 0 bridgehead atoms. The van der Waals surface area contributed by atoms with E-state index in [0.717, 1.165) is 28.4 Å². The van der Waals surface area contributed by atoms with E-state index in [1.54, 1.807) is 33.9 Å². The normalized spacial score (nSPS) is 14.8. The highest BCUT2D eigenvalue weighted by Crippen LogP contribution is 2.24. The van der Waals surface area contributed by atoms with Gasteiger partial charge in [-0.3, -0.25) is 9.52 Å². The Morgan fingerprint density at radius 2 is 1.79 bits per heavy atom. The van der Waals surface area contributed by atoms with E-state index in [4.69, 9.17) is 0 Å². The van der Waals surface area contributed by atoms with Gasteiger partial charge in [0.2, 0.25) is 0 Å². The predicted molar refractivity (Wildman–Crippen MR) is 112 cm³/mol. The van der Waals surface area contributed by atoms with E-state index in [0.29, 0.717) is 26.2 Å². The van der Waals surface area contributed by atoms with Crippen LogP contribution in [0.2, 0.25) is 0 Å². The lowest BCUT2D eigenvalue weighted by atomic mass is 10.2. The number of hydrogen-bond donors (Lipinski definition) is 1. The van der Waals surface area contributed by atoms with Gasteiger partial charge in [0.05, 0.1) is 0 Å². The van der Waals surface area contributed by atoms with Crippen LogP contribution in [0, 0.1) is 5.82 Å². The molecule has 11 heteroatoms. The summed E-state index contributed by atoms with van der Waals surface area (Å²) in [5.74, 6) is -0.516. The first-order valence-corrected chi connectivity index (χ1v) is 12.0. The number of halogens is 1. The van der Waals surface area contributed by atoms with Gasteiger partial charge in [-0.1, -0.05) is 6.07 Å². The monoisotopic (exact) mass is 452 g/mol. The van der Waals surface area contributed by atoms with Gasteiger partial charge in [-0.2, -0.15) is 0 Å². The molecule has 0 aliphatic carbocycles. The zero-order valence-corrected chi connectivity index (χ0v) is 17.6. The maximum atomic E-state index is 13.1. The number of sulfonamides is 1. The van der Waals surface area contributed by atoms with E-state index < -0.39 is 10.0 Å². The van der Waals surface area contributed by atoms with Crippen LogP contribution in [0.1, 0.15) is 10.5 Å². The maximum Gasteiger partial charge on any atom is 0.273 e. The molecule has 1 aliphatic heterocycles. The Kier molecular flexibility index (Phi) is 5.52. The number of rotatable bonds is 5. The van der Waals surface area contributed by atoms with Crippen LogP contribution in [-0.4, -0.2) is 50.4 Å². The Morgan fingerprint density at radius 1 is 1.07 bits per heavy atom. The fraction of sp³-hybridized carbons (Fsp3) is 0.222. The molecular formula is C18H17FN4O3S3. The highest BCUT2D eigenvalue weighted by Gasteiger charge is 2.25. The molecule has 1 saturated heterocycles. The van der Waals surface area contributed by atoms with Crippen molar-refractivity contribution in [3.05, 3.63) is 58.7 Å². The third-order valence-corrected chi connectivity index (χ3v) is 8.09. The van der Waals surface area contributed by atoms with Crippen molar-refractivity contribution in [2.24, 2.45) is 0 Å². The number of amides is 1. The number of hydrogen-bond acceptors (Lipinski definition) is 7. The van der Waals surface area contributed by atoms with Gasteiger partial charge in [0.25, 0.3) is 15.9 Å². The summed E-state index contributed by atoms with van der Waals surface area (Å²) < 4.78 is 40.2. The Bertz CT molecular complexity index is 1090. The lowest BCUT2D eigenvalue weighted by Gasteiger charge is -2.35. The first kappa shape index (κ1) is 19.8. The Hall–Kier alpha value is -2.50. The minimum Gasteiger partial charge on any atom is -0.368 e. The Morgan fingerprint density at radius 3 is 2.45 bits per heavy atom. The number of carbonyl (C=O) groups is 1. The number of aromatic nitrogens is 1. The SMILES string of the molecule is O=C(c1csc(NS(=O)(=O)c2cccs2)n1)N1CCN(c2ccc(F)cc2)CC1. The number of nitrogens with zero attached hydrogens (tertiary/aromatic N) is 3. The van der Waals surface area contributed by atoms with Crippen molar-refractivity contribution >= 4 is 49.4 Å². The van der Waals surface area contributed by atoms with Crippen LogP contribution in [0.5, 0.6) is 0 Å². The standard InChI is InChI=1S/C18H17FN4O3S3/c19-13-3-5-14(6-4-13)22-7-9-23(10-8-22)17(24)15-12-28-18(20-15)21-29(25,26)16-2-1-11-27-16/h1-6,11-12H,7-10H2,(H,20,21). The van der Waals surface area contributed by atoms with Gasteiger partial charge in [0.15, 0.2) is 5.13 Å². The van der Waals surface area contributed by atoms with E-state index in [1.165, 1.54) is 18.2 Å². The molecule has 29 heavy (non-hydrogen) atoms. The molecule has 1 aliphatic rings. The zero-order chi connectivity index (χ0) is 20.4.